The molecule has 3 aromatic rings. The highest BCUT2D eigenvalue weighted by Gasteiger charge is 2.27. The summed E-state index contributed by atoms with van der Waals surface area (Å²) >= 11 is 0. The molecule has 0 bridgehead atoms. The van der Waals surface area contributed by atoms with E-state index in [0.717, 1.165) is 22.7 Å². The van der Waals surface area contributed by atoms with Gasteiger partial charge in [-0.05, 0) is 18.2 Å². The molecule has 1 aromatic carbocycles. The largest absolute Gasteiger partial charge is 0.479 e. The number of carbonyl (C=O) groups excluding carboxylic acids is 1. The lowest BCUT2D eigenvalue weighted by Crippen LogP contribution is -2.35. The van der Waals surface area contributed by atoms with E-state index in [0.29, 0.717) is 6.07 Å². The van der Waals surface area contributed by atoms with E-state index in [2.05, 4.69) is 10.3 Å². The van der Waals surface area contributed by atoms with Gasteiger partial charge in [0.25, 0.3) is 5.91 Å². The third-order valence-corrected chi connectivity index (χ3v) is 3.52. The predicted octanol–water partition coefficient (Wildman–Crippen LogP) is 2.31. The molecule has 0 radical (unpaired) electrons. The van der Waals surface area contributed by atoms with Crippen molar-refractivity contribution in [1.82, 2.24) is 14.7 Å². The monoisotopic (exact) mass is 349 g/mol. The topological polar surface area (TPSA) is 83.7 Å². The van der Waals surface area contributed by atoms with Gasteiger partial charge in [0.1, 0.15) is 23.0 Å². The van der Waals surface area contributed by atoms with Crippen molar-refractivity contribution in [3.63, 3.8) is 0 Å². The number of fused-ring (bicyclic) bond motifs is 1. The molecule has 2 heterocycles. The average Bonchev–Trinajstić information content (AvgIpc) is 2.98. The van der Waals surface area contributed by atoms with Gasteiger partial charge in [-0.25, -0.2) is 22.9 Å². The minimum Gasteiger partial charge on any atom is -0.479 e. The Morgan fingerprint density at radius 1 is 1.16 bits per heavy atom. The van der Waals surface area contributed by atoms with Gasteiger partial charge in [-0.3, -0.25) is 9.20 Å². The van der Waals surface area contributed by atoms with Crippen LogP contribution in [0.15, 0.2) is 42.7 Å². The standard InChI is InChI=1S/C16H10F3N3O3/c17-8-3-4-9(11(19)6-8)13(16(24)25)21-15(23)14-20-7-12-10(18)2-1-5-22(12)14/h1-7,13H,(H,21,23)(H,24,25). The Morgan fingerprint density at radius 2 is 1.92 bits per heavy atom. The smallest absolute Gasteiger partial charge is 0.331 e. The number of aromatic nitrogens is 2. The van der Waals surface area contributed by atoms with Crippen LogP contribution in [-0.2, 0) is 4.79 Å². The van der Waals surface area contributed by atoms with E-state index < -0.39 is 40.9 Å². The molecule has 0 saturated heterocycles. The lowest BCUT2D eigenvalue weighted by Gasteiger charge is -2.15. The van der Waals surface area contributed by atoms with Gasteiger partial charge < -0.3 is 10.4 Å². The van der Waals surface area contributed by atoms with Crippen LogP contribution in [0.25, 0.3) is 5.52 Å². The minimum absolute atomic E-state index is 0.0208. The van der Waals surface area contributed by atoms with E-state index in [-0.39, 0.29) is 11.3 Å². The molecule has 6 nitrogen and oxygen atoms in total. The zero-order valence-corrected chi connectivity index (χ0v) is 12.4. The molecule has 1 amide bonds. The Balaban J connectivity index is 1.96. The van der Waals surface area contributed by atoms with Crippen molar-refractivity contribution in [2.45, 2.75) is 6.04 Å². The molecule has 1 unspecified atom stereocenters. The molecule has 0 aliphatic heterocycles. The maximum absolute atomic E-state index is 13.8. The van der Waals surface area contributed by atoms with Gasteiger partial charge in [0.15, 0.2) is 6.04 Å². The Morgan fingerprint density at radius 3 is 2.60 bits per heavy atom. The fraction of sp³-hybridized carbons (Fsp3) is 0.0625. The third-order valence-electron chi connectivity index (χ3n) is 3.52. The maximum Gasteiger partial charge on any atom is 0.331 e. The first kappa shape index (κ1) is 16.5. The third kappa shape index (κ3) is 3.03. The summed E-state index contributed by atoms with van der Waals surface area (Å²) in [6, 6.07) is 3.06. The SMILES string of the molecule is O=C(NC(C(=O)O)c1ccc(F)cc1F)c1ncc2c(F)cccn12. The molecule has 128 valence electrons. The van der Waals surface area contributed by atoms with Crippen LogP contribution in [0.3, 0.4) is 0 Å². The van der Waals surface area contributed by atoms with Crippen molar-refractivity contribution >= 4 is 17.4 Å². The van der Waals surface area contributed by atoms with Gasteiger partial charge in [-0.2, -0.15) is 0 Å². The molecular formula is C16H10F3N3O3. The summed E-state index contributed by atoms with van der Waals surface area (Å²) in [4.78, 5) is 27.5. The molecule has 9 heteroatoms. The fourth-order valence-corrected chi connectivity index (χ4v) is 2.36. The van der Waals surface area contributed by atoms with Crippen molar-refractivity contribution < 1.29 is 27.9 Å². The second kappa shape index (κ2) is 6.27. The minimum atomic E-state index is -1.77. The number of rotatable bonds is 4. The molecule has 2 N–H and O–H groups in total. The number of amides is 1. The zero-order valence-electron chi connectivity index (χ0n) is 12.4. The van der Waals surface area contributed by atoms with Crippen LogP contribution in [0.4, 0.5) is 13.2 Å². The normalized spacial score (nSPS) is 12.1. The number of carboxylic acids is 1. The van der Waals surface area contributed by atoms with E-state index in [1.54, 1.807) is 0 Å². The van der Waals surface area contributed by atoms with Crippen LogP contribution in [0.5, 0.6) is 0 Å². The Kier molecular flexibility index (Phi) is 4.14. The van der Waals surface area contributed by atoms with Crippen LogP contribution in [-0.4, -0.2) is 26.4 Å². The number of nitrogens with one attached hydrogen (secondary N) is 1. The van der Waals surface area contributed by atoms with E-state index in [9.17, 15) is 27.9 Å². The Hall–Kier alpha value is -3.36. The van der Waals surface area contributed by atoms with E-state index >= 15 is 0 Å². The highest BCUT2D eigenvalue weighted by atomic mass is 19.1. The maximum atomic E-state index is 13.8. The number of halogens is 3. The molecule has 1 atom stereocenters. The molecule has 0 aliphatic carbocycles. The number of imidazole rings is 1. The van der Waals surface area contributed by atoms with Crippen LogP contribution in [0.2, 0.25) is 0 Å². The van der Waals surface area contributed by atoms with Gasteiger partial charge in [0.2, 0.25) is 5.82 Å². The molecule has 0 aliphatic rings. The van der Waals surface area contributed by atoms with Crippen LogP contribution < -0.4 is 5.32 Å². The lowest BCUT2D eigenvalue weighted by atomic mass is 10.1. The average molecular weight is 349 g/mol. The van der Waals surface area contributed by atoms with Crippen molar-refractivity contribution in [3.05, 3.63) is 71.6 Å². The predicted molar refractivity (Wildman–Crippen MR) is 79.4 cm³/mol. The molecule has 2 aromatic heterocycles. The van der Waals surface area contributed by atoms with E-state index in [1.807, 2.05) is 0 Å². The summed E-state index contributed by atoms with van der Waals surface area (Å²) in [5.41, 5.74) is -0.401. The summed E-state index contributed by atoms with van der Waals surface area (Å²) in [5, 5.41) is 11.4. The second-order valence-electron chi connectivity index (χ2n) is 5.10. The van der Waals surface area contributed by atoms with E-state index in [4.69, 9.17) is 0 Å². The van der Waals surface area contributed by atoms with Crippen molar-refractivity contribution in [2.75, 3.05) is 0 Å². The van der Waals surface area contributed by atoms with Crippen molar-refractivity contribution in [2.24, 2.45) is 0 Å². The molecule has 0 saturated carbocycles. The Bertz CT molecular complexity index is 987. The van der Waals surface area contributed by atoms with Gasteiger partial charge in [-0.1, -0.05) is 6.07 Å². The van der Waals surface area contributed by atoms with Crippen LogP contribution in [0, 0.1) is 17.5 Å². The number of nitrogens with zero attached hydrogens (tertiary/aromatic N) is 2. The van der Waals surface area contributed by atoms with Gasteiger partial charge in [0, 0.05) is 17.8 Å². The number of benzene rings is 1. The van der Waals surface area contributed by atoms with E-state index in [1.165, 1.54) is 18.3 Å². The summed E-state index contributed by atoms with van der Waals surface area (Å²) in [7, 11) is 0. The first-order valence-corrected chi connectivity index (χ1v) is 6.98. The first-order chi connectivity index (χ1) is 11.9. The molecule has 25 heavy (non-hydrogen) atoms. The summed E-state index contributed by atoms with van der Waals surface area (Å²) in [6.45, 7) is 0. The zero-order chi connectivity index (χ0) is 18.1. The summed E-state index contributed by atoms with van der Waals surface area (Å²) in [5.74, 6) is -5.40. The first-order valence-electron chi connectivity index (χ1n) is 6.98. The summed E-state index contributed by atoms with van der Waals surface area (Å²) in [6.07, 6.45) is 2.48. The highest BCUT2D eigenvalue weighted by Crippen LogP contribution is 2.19. The number of pyridine rings is 1. The number of hydrogen-bond acceptors (Lipinski definition) is 3. The quantitative estimate of drug-likeness (QED) is 0.757. The number of carbonyl (C=O) groups is 2. The molecule has 0 fully saturated rings. The highest BCUT2D eigenvalue weighted by molar-refractivity contribution is 5.94. The van der Waals surface area contributed by atoms with Crippen molar-refractivity contribution in [3.8, 4) is 0 Å². The summed E-state index contributed by atoms with van der Waals surface area (Å²) < 4.78 is 41.6. The second-order valence-corrected chi connectivity index (χ2v) is 5.10. The van der Waals surface area contributed by atoms with Gasteiger partial charge >= 0.3 is 5.97 Å². The lowest BCUT2D eigenvalue weighted by molar-refractivity contribution is -0.139. The number of hydrogen-bond donors (Lipinski definition) is 2. The Labute approximate surface area is 138 Å². The van der Waals surface area contributed by atoms with Crippen LogP contribution >= 0.6 is 0 Å². The molecule has 3 rings (SSSR count). The molecule has 0 spiro atoms. The number of aliphatic carboxylic acids is 1. The molecular weight excluding hydrogens is 339 g/mol. The fourth-order valence-electron chi connectivity index (χ4n) is 2.36. The number of carboxylic acid groups (broad SMARTS) is 1. The van der Waals surface area contributed by atoms with Gasteiger partial charge in [-0.15, -0.1) is 0 Å². The van der Waals surface area contributed by atoms with Crippen LogP contribution in [0.1, 0.15) is 22.2 Å². The van der Waals surface area contributed by atoms with Gasteiger partial charge in [0.05, 0.1) is 6.20 Å². The van der Waals surface area contributed by atoms with Crippen molar-refractivity contribution in [1.29, 1.82) is 0 Å².